The van der Waals surface area contributed by atoms with E-state index in [4.69, 9.17) is 5.11 Å². The zero-order valence-electron chi connectivity index (χ0n) is 8.24. The predicted molar refractivity (Wildman–Crippen MR) is 53.0 cm³/mol. The van der Waals surface area contributed by atoms with Gasteiger partial charge in [-0.15, -0.1) is 0 Å². The molecular weight excluding hydrogens is 198 g/mol. The van der Waals surface area contributed by atoms with Crippen molar-refractivity contribution in [3.63, 3.8) is 0 Å². The third kappa shape index (κ3) is 1.30. The Balaban J connectivity index is 2.92. The Hall–Kier alpha value is -2.11. The van der Waals surface area contributed by atoms with Crippen LogP contribution in [0.2, 0.25) is 0 Å². The third-order valence-corrected chi connectivity index (χ3v) is 2.34. The Morgan fingerprint density at radius 3 is 2.87 bits per heavy atom. The molecular formula is C9H9N3O3. The van der Waals surface area contributed by atoms with Crippen LogP contribution in [0.15, 0.2) is 10.9 Å². The van der Waals surface area contributed by atoms with Gasteiger partial charge in [-0.05, 0) is 13.0 Å². The van der Waals surface area contributed by atoms with E-state index in [1.165, 1.54) is 0 Å². The molecule has 0 radical (unpaired) electrons. The van der Waals surface area contributed by atoms with Gasteiger partial charge in [0.25, 0.3) is 5.56 Å². The van der Waals surface area contributed by atoms with Crippen molar-refractivity contribution in [2.45, 2.75) is 6.92 Å². The van der Waals surface area contributed by atoms with E-state index in [-0.39, 0.29) is 5.82 Å². The van der Waals surface area contributed by atoms with E-state index in [0.29, 0.717) is 11.0 Å². The molecule has 0 amide bonds. The van der Waals surface area contributed by atoms with Crippen LogP contribution >= 0.6 is 0 Å². The lowest BCUT2D eigenvalue weighted by Gasteiger charge is -1.98. The Morgan fingerprint density at radius 1 is 1.60 bits per heavy atom. The van der Waals surface area contributed by atoms with Gasteiger partial charge in [0.2, 0.25) is 5.82 Å². The monoisotopic (exact) mass is 207 g/mol. The molecule has 0 bridgehead atoms. The minimum absolute atomic E-state index is 0.339. The number of nitrogens with one attached hydrogen (secondary N) is 1. The highest BCUT2D eigenvalue weighted by molar-refractivity contribution is 5.86. The van der Waals surface area contributed by atoms with Crippen LogP contribution in [0.4, 0.5) is 0 Å². The lowest BCUT2D eigenvalue weighted by Crippen LogP contribution is -2.15. The zero-order chi connectivity index (χ0) is 11.2. The molecule has 0 unspecified atom stereocenters. The van der Waals surface area contributed by atoms with E-state index in [0.717, 1.165) is 5.69 Å². The topological polar surface area (TPSA) is 88.0 Å². The van der Waals surface area contributed by atoms with Crippen LogP contribution in [0.3, 0.4) is 0 Å². The van der Waals surface area contributed by atoms with Crippen LogP contribution in [0.25, 0.3) is 11.0 Å². The van der Waals surface area contributed by atoms with Gasteiger partial charge in [-0.2, -0.15) is 0 Å². The highest BCUT2D eigenvalue weighted by atomic mass is 16.4. The second-order valence-corrected chi connectivity index (χ2v) is 3.30. The Labute approximate surface area is 84.2 Å². The maximum Gasteiger partial charge on any atom is 0.372 e. The van der Waals surface area contributed by atoms with Crippen LogP contribution in [-0.4, -0.2) is 25.6 Å². The van der Waals surface area contributed by atoms with Crippen molar-refractivity contribution in [1.29, 1.82) is 0 Å². The summed E-state index contributed by atoms with van der Waals surface area (Å²) in [5, 5.41) is 9.13. The number of carboxylic acids is 1. The maximum atomic E-state index is 11.5. The smallest absolute Gasteiger partial charge is 0.372 e. The van der Waals surface area contributed by atoms with Crippen LogP contribution < -0.4 is 5.56 Å². The predicted octanol–water partition coefficient (Wildman–Crippen LogP) is 0.268. The maximum absolute atomic E-state index is 11.5. The van der Waals surface area contributed by atoms with Crippen molar-refractivity contribution < 1.29 is 9.90 Å². The molecule has 0 aliphatic carbocycles. The first-order valence-corrected chi connectivity index (χ1v) is 4.30. The summed E-state index contributed by atoms with van der Waals surface area (Å²) >= 11 is 0. The molecule has 2 rings (SSSR count). The summed E-state index contributed by atoms with van der Waals surface area (Å²) in [6, 6.07) is 1.67. The van der Waals surface area contributed by atoms with Crippen molar-refractivity contribution in [2.75, 3.05) is 0 Å². The SMILES string of the molecule is Cc1cc2c(=O)[nH]c(C(=O)O)nc2n1C. The fourth-order valence-corrected chi connectivity index (χ4v) is 1.43. The van der Waals surface area contributed by atoms with Gasteiger partial charge >= 0.3 is 5.97 Å². The molecule has 15 heavy (non-hydrogen) atoms. The highest BCUT2D eigenvalue weighted by Crippen LogP contribution is 2.11. The molecule has 0 fully saturated rings. The summed E-state index contributed by atoms with van der Waals surface area (Å²) in [7, 11) is 1.73. The number of nitrogens with zero attached hydrogens (tertiary/aromatic N) is 2. The number of hydrogen-bond acceptors (Lipinski definition) is 3. The summed E-state index contributed by atoms with van der Waals surface area (Å²) < 4.78 is 1.68. The molecule has 2 N–H and O–H groups in total. The molecule has 0 saturated heterocycles. The lowest BCUT2D eigenvalue weighted by molar-refractivity contribution is 0.0683. The van der Waals surface area contributed by atoms with Crippen LogP contribution in [0, 0.1) is 6.92 Å². The van der Waals surface area contributed by atoms with E-state index < -0.39 is 11.5 Å². The fourth-order valence-electron chi connectivity index (χ4n) is 1.43. The van der Waals surface area contributed by atoms with Gasteiger partial charge < -0.3 is 14.7 Å². The number of fused-ring (bicyclic) bond motifs is 1. The number of aromatic nitrogens is 3. The van der Waals surface area contributed by atoms with E-state index in [1.807, 2.05) is 6.92 Å². The van der Waals surface area contributed by atoms with E-state index in [9.17, 15) is 9.59 Å². The van der Waals surface area contributed by atoms with Crippen LogP contribution in [-0.2, 0) is 7.05 Å². The molecule has 0 spiro atoms. The van der Waals surface area contributed by atoms with Gasteiger partial charge in [-0.1, -0.05) is 0 Å². The molecule has 2 aromatic heterocycles. The molecule has 6 heteroatoms. The summed E-state index contributed by atoms with van der Waals surface area (Å²) in [5.74, 6) is -1.58. The average molecular weight is 207 g/mol. The van der Waals surface area contributed by atoms with E-state index in [2.05, 4.69) is 9.97 Å². The number of hydrogen-bond donors (Lipinski definition) is 2. The Kier molecular flexibility index (Phi) is 1.85. The third-order valence-electron chi connectivity index (χ3n) is 2.34. The molecule has 2 aromatic rings. The summed E-state index contributed by atoms with van der Waals surface area (Å²) in [5.41, 5.74) is 0.806. The molecule has 2 heterocycles. The van der Waals surface area contributed by atoms with Crippen molar-refractivity contribution in [3.05, 3.63) is 27.9 Å². The van der Waals surface area contributed by atoms with Gasteiger partial charge in [-0.25, -0.2) is 9.78 Å². The number of aryl methyl sites for hydroxylation is 2. The molecule has 0 aliphatic heterocycles. The molecule has 0 aromatic carbocycles. The number of carbonyl (C=O) groups is 1. The number of H-pyrrole nitrogens is 1. The molecule has 78 valence electrons. The quantitative estimate of drug-likeness (QED) is 0.702. The molecule has 0 aliphatic rings. The summed E-state index contributed by atoms with van der Waals surface area (Å²) in [4.78, 5) is 28.2. The fraction of sp³-hybridized carbons (Fsp3) is 0.222. The summed E-state index contributed by atoms with van der Waals surface area (Å²) in [6.07, 6.45) is 0. The van der Waals surface area contributed by atoms with Crippen molar-refractivity contribution in [2.24, 2.45) is 7.05 Å². The molecule has 6 nitrogen and oxygen atoms in total. The molecule has 0 atom stereocenters. The number of aromatic carboxylic acids is 1. The van der Waals surface area contributed by atoms with Crippen molar-refractivity contribution in [3.8, 4) is 0 Å². The zero-order valence-corrected chi connectivity index (χ0v) is 8.24. The van der Waals surface area contributed by atoms with Gasteiger partial charge in [0.1, 0.15) is 5.65 Å². The van der Waals surface area contributed by atoms with Gasteiger partial charge in [0, 0.05) is 12.7 Å². The van der Waals surface area contributed by atoms with Crippen molar-refractivity contribution >= 4 is 17.0 Å². The second kappa shape index (κ2) is 2.94. The normalized spacial score (nSPS) is 10.8. The second-order valence-electron chi connectivity index (χ2n) is 3.30. The lowest BCUT2D eigenvalue weighted by atomic mass is 10.4. The van der Waals surface area contributed by atoms with Crippen molar-refractivity contribution in [1.82, 2.24) is 14.5 Å². The minimum Gasteiger partial charge on any atom is -0.475 e. The minimum atomic E-state index is -1.24. The summed E-state index contributed by atoms with van der Waals surface area (Å²) in [6.45, 7) is 1.82. The average Bonchev–Trinajstić information content (AvgIpc) is 2.45. The number of carboxylic acid groups (broad SMARTS) is 1. The molecule has 0 saturated carbocycles. The number of aromatic amines is 1. The first-order chi connectivity index (χ1) is 7.00. The standard InChI is InChI=1S/C9H9N3O3/c1-4-3-5-7(12(4)2)10-6(9(14)15)11-8(5)13/h3H,1-2H3,(H,14,15)(H,10,11,13). The van der Waals surface area contributed by atoms with Gasteiger partial charge in [0.05, 0.1) is 5.39 Å². The number of rotatable bonds is 1. The van der Waals surface area contributed by atoms with Gasteiger partial charge in [-0.3, -0.25) is 4.79 Å². The van der Waals surface area contributed by atoms with Crippen LogP contribution in [0.1, 0.15) is 16.3 Å². The first kappa shape index (κ1) is 9.45. The first-order valence-electron chi connectivity index (χ1n) is 4.30. The van der Waals surface area contributed by atoms with E-state index >= 15 is 0 Å². The van der Waals surface area contributed by atoms with E-state index in [1.54, 1.807) is 17.7 Å². The van der Waals surface area contributed by atoms with Crippen LogP contribution in [0.5, 0.6) is 0 Å². The Bertz CT molecular complexity index is 609. The largest absolute Gasteiger partial charge is 0.475 e. The van der Waals surface area contributed by atoms with Gasteiger partial charge in [0.15, 0.2) is 0 Å². The highest BCUT2D eigenvalue weighted by Gasteiger charge is 2.12. The Morgan fingerprint density at radius 2 is 2.27 bits per heavy atom.